The van der Waals surface area contributed by atoms with Gasteiger partial charge in [0.2, 0.25) is 5.88 Å². The summed E-state index contributed by atoms with van der Waals surface area (Å²) in [6.07, 6.45) is 1.64. The molecule has 0 aliphatic heterocycles. The molecular weight excluding hydrogens is 271 g/mol. The molecule has 4 nitrogen and oxygen atoms in total. The Balaban J connectivity index is 2.10. The third-order valence-corrected chi connectivity index (χ3v) is 3.32. The van der Waals surface area contributed by atoms with E-state index >= 15 is 0 Å². The zero-order valence-electron chi connectivity index (χ0n) is 12.4. The fourth-order valence-electron chi connectivity index (χ4n) is 1.94. The number of ether oxygens (including phenoxy) is 2. The van der Waals surface area contributed by atoms with E-state index in [1.807, 2.05) is 26.1 Å². The second-order valence-corrected chi connectivity index (χ2v) is 4.66. The number of hydrogen-bond donors (Lipinski definition) is 1. The number of halogens is 1. The van der Waals surface area contributed by atoms with Crippen molar-refractivity contribution in [1.82, 2.24) is 10.3 Å². The van der Waals surface area contributed by atoms with Gasteiger partial charge in [-0.3, -0.25) is 0 Å². The van der Waals surface area contributed by atoms with Gasteiger partial charge in [-0.2, -0.15) is 0 Å². The molecule has 0 fully saturated rings. The Hall–Kier alpha value is -2.14. The number of pyridine rings is 1. The zero-order valence-corrected chi connectivity index (χ0v) is 12.4. The molecule has 0 aliphatic carbocycles. The van der Waals surface area contributed by atoms with Gasteiger partial charge in [-0.25, -0.2) is 9.37 Å². The van der Waals surface area contributed by atoms with Crippen molar-refractivity contribution in [3.63, 3.8) is 0 Å². The number of nitrogens with one attached hydrogen (secondary N) is 1. The van der Waals surface area contributed by atoms with Gasteiger partial charge < -0.3 is 14.8 Å². The van der Waals surface area contributed by atoms with Crippen LogP contribution in [0, 0.1) is 5.82 Å². The van der Waals surface area contributed by atoms with Crippen LogP contribution in [0.3, 0.4) is 0 Å². The Kier molecular flexibility index (Phi) is 5.11. The molecule has 2 aromatic rings. The van der Waals surface area contributed by atoms with Crippen molar-refractivity contribution in [2.24, 2.45) is 0 Å². The molecule has 0 bridgehead atoms. The highest BCUT2D eigenvalue weighted by molar-refractivity contribution is 5.32. The quantitative estimate of drug-likeness (QED) is 0.888. The molecule has 112 valence electrons. The maximum atomic E-state index is 14.0. The van der Waals surface area contributed by atoms with Gasteiger partial charge in [-0.1, -0.05) is 6.07 Å². The fraction of sp³-hybridized carbons (Fsp3) is 0.312. The lowest BCUT2D eigenvalue weighted by molar-refractivity contribution is 0.280. The summed E-state index contributed by atoms with van der Waals surface area (Å²) in [4.78, 5) is 4.08. The highest BCUT2D eigenvalue weighted by atomic mass is 19.1. The van der Waals surface area contributed by atoms with E-state index in [0.717, 1.165) is 11.1 Å². The highest BCUT2D eigenvalue weighted by Crippen LogP contribution is 2.24. The van der Waals surface area contributed by atoms with Crippen molar-refractivity contribution in [3.05, 3.63) is 53.5 Å². The average Bonchev–Trinajstić information content (AvgIpc) is 2.53. The van der Waals surface area contributed by atoms with Gasteiger partial charge in [-0.05, 0) is 43.8 Å². The minimum atomic E-state index is -0.377. The molecule has 1 aromatic heterocycles. The normalized spacial score (nSPS) is 12.0. The zero-order chi connectivity index (χ0) is 15.2. The van der Waals surface area contributed by atoms with Crippen LogP contribution in [0.1, 0.15) is 24.1 Å². The molecule has 1 N–H and O–H groups in total. The highest BCUT2D eigenvalue weighted by Gasteiger charge is 2.10. The van der Waals surface area contributed by atoms with E-state index in [2.05, 4.69) is 10.3 Å². The molecule has 5 heteroatoms. The minimum Gasteiger partial charge on any atom is -0.486 e. The van der Waals surface area contributed by atoms with Crippen molar-refractivity contribution in [2.45, 2.75) is 19.6 Å². The molecule has 0 saturated carbocycles. The van der Waals surface area contributed by atoms with E-state index < -0.39 is 0 Å². The lowest BCUT2D eigenvalue weighted by Gasteiger charge is -2.13. The topological polar surface area (TPSA) is 43.4 Å². The largest absolute Gasteiger partial charge is 0.486 e. The Labute approximate surface area is 123 Å². The Bertz CT molecular complexity index is 605. The van der Waals surface area contributed by atoms with Crippen molar-refractivity contribution in [3.8, 4) is 11.6 Å². The third-order valence-electron chi connectivity index (χ3n) is 3.32. The smallest absolute Gasteiger partial charge is 0.219 e. The van der Waals surface area contributed by atoms with Crippen molar-refractivity contribution in [2.75, 3.05) is 14.2 Å². The van der Waals surface area contributed by atoms with Gasteiger partial charge in [0.1, 0.15) is 6.61 Å². The first-order valence-corrected chi connectivity index (χ1v) is 6.73. The van der Waals surface area contributed by atoms with E-state index in [0.29, 0.717) is 5.88 Å². The number of hydrogen-bond acceptors (Lipinski definition) is 4. The number of nitrogens with zero attached hydrogens (tertiary/aromatic N) is 1. The SMILES string of the molecule is CNC(C)c1ccc(OCc2cccnc2OC)c(F)c1. The van der Waals surface area contributed by atoms with Crippen LogP contribution in [0.25, 0.3) is 0 Å². The molecule has 2 rings (SSSR count). The molecule has 1 heterocycles. The fourth-order valence-corrected chi connectivity index (χ4v) is 1.94. The van der Waals surface area contributed by atoms with Crippen LogP contribution in [0.5, 0.6) is 11.6 Å². The van der Waals surface area contributed by atoms with Crippen LogP contribution in [0.4, 0.5) is 4.39 Å². The summed E-state index contributed by atoms with van der Waals surface area (Å²) in [6, 6.07) is 8.68. The summed E-state index contributed by atoms with van der Waals surface area (Å²) in [6.45, 7) is 2.17. The van der Waals surface area contributed by atoms with Crippen molar-refractivity contribution in [1.29, 1.82) is 0 Å². The number of methoxy groups -OCH3 is 1. The minimum absolute atomic E-state index is 0.0898. The average molecular weight is 290 g/mol. The van der Waals surface area contributed by atoms with Crippen molar-refractivity contribution >= 4 is 0 Å². The van der Waals surface area contributed by atoms with Crippen molar-refractivity contribution < 1.29 is 13.9 Å². The van der Waals surface area contributed by atoms with Crippen LogP contribution in [-0.2, 0) is 6.61 Å². The number of benzene rings is 1. The van der Waals surface area contributed by atoms with E-state index in [9.17, 15) is 4.39 Å². The molecule has 0 amide bonds. The van der Waals surface area contributed by atoms with E-state index in [-0.39, 0.29) is 24.2 Å². The molecule has 0 spiro atoms. The Morgan fingerprint density at radius 3 is 2.81 bits per heavy atom. The third kappa shape index (κ3) is 3.70. The first-order chi connectivity index (χ1) is 10.2. The van der Waals surface area contributed by atoms with E-state index in [1.165, 1.54) is 6.07 Å². The molecule has 1 atom stereocenters. The molecule has 0 radical (unpaired) electrons. The predicted octanol–water partition coefficient (Wildman–Crippen LogP) is 3.09. The monoisotopic (exact) mass is 290 g/mol. The van der Waals surface area contributed by atoms with Gasteiger partial charge in [0.15, 0.2) is 11.6 Å². The van der Waals surface area contributed by atoms with Gasteiger partial charge in [0.05, 0.1) is 12.7 Å². The summed E-state index contributed by atoms with van der Waals surface area (Å²) in [5.74, 6) is 0.323. The van der Waals surface area contributed by atoms with E-state index in [4.69, 9.17) is 9.47 Å². The first-order valence-electron chi connectivity index (χ1n) is 6.73. The van der Waals surface area contributed by atoms with Crippen LogP contribution in [0.15, 0.2) is 36.5 Å². The van der Waals surface area contributed by atoms with Gasteiger partial charge in [0.25, 0.3) is 0 Å². The molecule has 1 aromatic carbocycles. The summed E-state index contributed by atoms with van der Waals surface area (Å²) in [5, 5.41) is 3.07. The second kappa shape index (κ2) is 7.04. The molecule has 1 unspecified atom stereocenters. The maximum absolute atomic E-state index is 14.0. The number of rotatable bonds is 6. The van der Waals surface area contributed by atoms with Gasteiger partial charge >= 0.3 is 0 Å². The molecule has 0 saturated heterocycles. The van der Waals surface area contributed by atoms with Crippen LogP contribution < -0.4 is 14.8 Å². The predicted molar refractivity (Wildman–Crippen MR) is 79.0 cm³/mol. The summed E-state index contributed by atoms with van der Waals surface area (Å²) >= 11 is 0. The molecular formula is C16H19FN2O2. The lowest BCUT2D eigenvalue weighted by atomic mass is 10.1. The van der Waals surface area contributed by atoms with Crippen LogP contribution in [-0.4, -0.2) is 19.1 Å². The summed E-state index contributed by atoms with van der Waals surface area (Å²) in [7, 11) is 3.38. The maximum Gasteiger partial charge on any atom is 0.219 e. The molecule has 21 heavy (non-hydrogen) atoms. The van der Waals surface area contributed by atoms with Gasteiger partial charge in [-0.15, -0.1) is 0 Å². The van der Waals surface area contributed by atoms with Gasteiger partial charge in [0, 0.05) is 12.2 Å². The van der Waals surface area contributed by atoms with Crippen LogP contribution in [0.2, 0.25) is 0 Å². The standard InChI is InChI=1S/C16H19FN2O2/c1-11(18-2)12-6-7-15(14(17)9-12)21-10-13-5-4-8-19-16(13)20-3/h4-9,11,18H,10H2,1-3H3. The first kappa shape index (κ1) is 15.3. The Morgan fingerprint density at radius 1 is 1.33 bits per heavy atom. The summed E-state index contributed by atoms with van der Waals surface area (Å²) in [5.41, 5.74) is 1.65. The molecule has 0 aliphatic rings. The Morgan fingerprint density at radius 2 is 2.14 bits per heavy atom. The van der Waals surface area contributed by atoms with E-state index in [1.54, 1.807) is 25.4 Å². The summed E-state index contributed by atoms with van der Waals surface area (Å²) < 4.78 is 24.7. The lowest BCUT2D eigenvalue weighted by Crippen LogP contribution is -2.12. The second-order valence-electron chi connectivity index (χ2n) is 4.66. The van der Waals surface area contributed by atoms with Crippen LogP contribution >= 0.6 is 0 Å². The number of aromatic nitrogens is 1.